The molecule has 2 amide bonds. The molecule has 0 saturated heterocycles. The van der Waals surface area contributed by atoms with E-state index in [1.54, 1.807) is 4.90 Å². The maximum Gasteiger partial charge on any atom is 0.274 e. The van der Waals surface area contributed by atoms with E-state index >= 15 is 0 Å². The third-order valence-electron chi connectivity index (χ3n) is 4.83. The van der Waals surface area contributed by atoms with Crippen molar-refractivity contribution in [1.82, 2.24) is 9.88 Å². The molecule has 156 valence electrons. The van der Waals surface area contributed by atoms with E-state index in [4.69, 9.17) is 5.73 Å². The number of benzene rings is 2. The van der Waals surface area contributed by atoms with E-state index in [9.17, 15) is 9.59 Å². The van der Waals surface area contributed by atoms with Crippen LogP contribution >= 0.6 is 11.3 Å². The van der Waals surface area contributed by atoms with Gasteiger partial charge in [0.2, 0.25) is 5.91 Å². The molecule has 6 heteroatoms. The molecule has 3 aromatic rings. The molecule has 5 nitrogen and oxygen atoms in total. The first kappa shape index (κ1) is 21.7. The van der Waals surface area contributed by atoms with Crippen LogP contribution in [0.2, 0.25) is 0 Å². The van der Waals surface area contributed by atoms with Crippen LogP contribution in [0, 0.1) is 12.8 Å². The molecule has 0 aliphatic rings. The fraction of sp³-hybridized carbons (Fsp3) is 0.292. The Labute approximate surface area is 181 Å². The van der Waals surface area contributed by atoms with Crippen LogP contribution in [0.25, 0.3) is 10.4 Å². The van der Waals surface area contributed by atoms with Crippen LogP contribution in [0.15, 0.2) is 60.7 Å². The summed E-state index contributed by atoms with van der Waals surface area (Å²) in [5, 5.41) is 0.802. The summed E-state index contributed by atoms with van der Waals surface area (Å²) in [5.41, 5.74) is 8.00. The van der Waals surface area contributed by atoms with Gasteiger partial charge in [-0.05, 0) is 30.4 Å². The van der Waals surface area contributed by atoms with Crippen LogP contribution in [-0.4, -0.2) is 27.7 Å². The summed E-state index contributed by atoms with van der Waals surface area (Å²) in [6.45, 7) is 6.22. The SMILES string of the molecule is Cc1nc(C(=O)N(Cc2ccccc2)[C@H](CC(C)C)C(N)=O)c(-c2ccccc2)s1. The molecule has 3 rings (SSSR count). The smallest absolute Gasteiger partial charge is 0.274 e. The molecular weight excluding hydrogens is 394 g/mol. The summed E-state index contributed by atoms with van der Waals surface area (Å²) in [6.07, 6.45) is 0.498. The fourth-order valence-electron chi connectivity index (χ4n) is 3.44. The molecule has 0 aliphatic heterocycles. The number of primary amides is 1. The predicted molar refractivity (Wildman–Crippen MR) is 121 cm³/mol. The number of hydrogen-bond acceptors (Lipinski definition) is 4. The van der Waals surface area contributed by atoms with Crippen molar-refractivity contribution in [3.05, 3.63) is 76.9 Å². The number of nitrogens with two attached hydrogens (primary N) is 1. The number of hydrogen-bond donors (Lipinski definition) is 1. The molecule has 2 N–H and O–H groups in total. The highest BCUT2D eigenvalue weighted by atomic mass is 32.1. The van der Waals surface area contributed by atoms with Crippen molar-refractivity contribution in [3.8, 4) is 10.4 Å². The van der Waals surface area contributed by atoms with Crippen molar-refractivity contribution in [3.63, 3.8) is 0 Å². The van der Waals surface area contributed by atoms with Crippen LogP contribution < -0.4 is 5.73 Å². The van der Waals surface area contributed by atoms with Gasteiger partial charge in [0.15, 0.2) is 0 Å². The van der Waals surface area contributed by atoms with Crippen LogP contribution in [0.5, 0.6) is 0 Å². The molecule has 0 fully saturated rings. The summed E-state index contributed by atoms with van der Waals surface area (Å²) in [4.78, 5) is 33.1. The highest BCUT2D eigenvalue weighted by Crippen LogP contribution is 2.32. The highest BCUT2D eigenvalue weighted by molar-refractivity contribution is 7.15. The summed E-state index contributed by atoms with van der Waals surface area (Å²) in [6, 6.07) is 18.7. The second kappa shape index (κ2) is 9.67. The maximum absolute atomic E-state index is 13.7. The van der Waals surface area contributed by atoms with Crippen LogP contribution in [0.4, 0.5) is 0 Å². The Kier molecular flexibility index (Phi) is 7.00. The molecule has 1 aromatic heterocycles. The number of aryl methyl sites for hydroxylation is 1. The average molecular weight is 422 g/mol. The number of carbonyl (C=O) groups excluding carboxylic acids is 2. The van der Waals surface area contributed by atoms with Gasteiger partial charge in [0.1, 0.15) is 11.7 Å². The molecule has 0 spiro atoms. The lowest BCUT2D eigenvalue weighted by atomic mass is 10.00. The number of nitrogens with zero attached hydrogens (tertiary/aromatic N) is 2. The van der Waals surface area contributed by atoms with Gasteiger partial charge in [-0.2, -0.15) is 0 Å². The van der Waals surface area contributed by atoms with Gasteiger partial charge in [-0.25, -0.2) is 4.98 Å². The van der Waals surface area contributed by atoms with E-state index < -0.39 is 11.9 Å². The molecule has 1 atom stereocenters. The zero-order valence-electron chi connectivity index (χ0n) is 17.5. The minimum absolute atomic E-state index is 0.208. The average Bonchev–Trinajstić information content (AvgIpc) is 3.13. The minimum atomic E-state index is -0.705. The van der Waals surface area contributed by atoms with E-state index in [0.29, 0.717) is 18.7 Å². The van der Waals surface area contributed by atoms with Gasteiger partial charge >= 0.3 is 0 Å². The van der Waals surface area contributed by atoms with E-state index in [1.165, 1.54) is 11.3 Å². The number of aromatic nitrogens is 1. The maximum atomic E-state index is 13.7. The monoisotopic (exact) mass is 421 g/mol. The van der Waals surface area contributed by atoms with Crippen molar-refractivity contribution in [2.24, 2.45) is 11.7 Å². The first-order valence-corrected chi connectivity index (χ1v) is 10.9. The Bertz CT molecular complexity index is 1000. The summed E-state index contributed by atoms with van der Waals surface area (Å²) >= 11 is 1.48. The molecule has 1 heterocycles. The third-order valence-corrected chi connectivity index (χ3v) is 5.85. The largest absolute Gasteiger partial charge is 0.368 e. The zero-order valence-corrected chi connectivity index (χ0v) is 18.4. The second-order valence-corrected chi connectivity index (χ2v) is 8.95. The molecule has 0 saturated carbocycles. The van der Waals surface area contributed by atoms with Crippen molar-refractivity contribution < 1.29 is 9.59 Å². The standard InChI is InChI=1S/C24H27N3O2S/c1-16(2)14-20(23(25)28)27(15-18-10-6-4-7-11-18)24(29)21-22(30-17(3)26-21)19-12-8-5-9-13-19/h4-13,16,20H,14-15H2,1-3H3,(H2,25,28)/t20-/m1/s1. The lowest BCUT2D eigenvalue weighted by Crippen LogP contribution is -2.48. The molecular formula is C24H27N3O2S. The predicted octanol–water partition coefficient (Wildman–Crippen LogP) is 4.66. The van der Waals surface area contributed by atoms with Gasteiger partial charge in [0.25, 0.3) is 5.91 Å². The van der Waals surface area contributed by atoms with Crippen molar-refractivity contribution >= 4 is 23.2 Å². The normalized spacial score (nSPS) is 12.0. The first-order valence-electron chi connectivity index (χ1n) is 10.0. The summed E-state index contributed by atoms with van der Waals surface area (Å²) < 4.78 is 0. The molecule has 30 heavy (non-hydrogen) atoms. The minimum Gasteiger partial charge on any atom is -0.368 e. The highest BCUT2D eigenvalue weighted by Gasteiger charge is 2.32. The molecule has 2 aromatic carbocycles. The number of rotatable bonds is 8. The van der Waals surface area contributed by atoms with E-state index in [-0.39, 0.29) is 11.8 Å². The van der Waals surface area contributed by atoms with Crippen molar-refractivity contribution in [2.45, 2.75) is 39.8 Å². The topological polar surface area (TPSA) is 76.3 Å². The lowest BCUT2D eigenvalue weighted by molar-refractivity contribution is -0.123. The quantitative estimate of drug-likeness (QED) is 0.575. The summed E-state index contributed by atoms with van der Waals surface area (Å²) in [7, 11) is 0. The van der Waals surface area contributed by atoms with E-state index in [2.05, 4.69) is 4.98 Å². The van der Waals surface area contributed by atoms with Gasteiger partial charge in [0.05, 0.1) is 9.88 Å². The Hall–Kier alpha value is -2.99. The summed E-state index contributed by atoms with van der Waals surface area (Å²) in [5.74, 6) is -0.563. The molecule has 0 radical (unpaired) electrons. The Morgan fingerprint density at radius 2 is 1.63 bits per heavy atom. The number of thiazole rings is 1. The van der Waals surface area contributed by atoms with Crippen molar-refractivity contribution in [2.75, 3.05) is 0 Å². The van der Waals surface area contributed by atoms with Gasteiger partial charge in [-0.15, -0.1) is 11.3 Å². The Balaban J connectivity index is 2.05. The molecule has 0 aliphatic carbocycles. The molecule has 0 bridgehead atoms. The van der Waals surface area contributed by atoms with E-state index in [1.807, 2.05) is 81.4 Å². The van der Waals surface area contributed by atoms with Gasteiger partial charge in [-0.3, -0.25) is 9.59 Å². The van der Waals surface area contributed by atoms with Crippen LogP contribution in [0.3, 0.4) is 0 Å². The zero-order chi connectivity index (χ0) is 21.7. The second-order valence-electron chi connectivity index (χ2n) is 7.74. The first-order chi connectivity index (χ1) is 14.4. The lowest BCUT2D eigenvalue weighted by Gasteiger charge is -2.31. The van der Waals surface area contributed by atoms with Crippen LogP contribution in [0.1, 0.15) is 41.3 Å². The Morgan fingerprint density at radius 3 is 2.20 bits per heavy atom. The van der Waals surface area contributed by atoms with Gasteiger partial charge in [0, 0.05) is 6.54 Å². The van der Waals surface area contributed by atoms with Crippen LogP contribution in [-0.2, 0) is 11.3 Å². The van der Waals surface area contributed by atoms with E-state index in [0.717, 1.165) is 21.0 Å². The Morgan fingerprint density at radius 1 is 1.03 bits per heavy atom. The number of carbonyl (C=O) groups is 2. The third kappa shape index (κ3) is 5.13. The molecule has 0 unspecified atom stereocenters. The van der Waals surface area contributed by atoms with Gasteiger partial charge < -0.3 is 10.6 Å². The number of amides is 2. The fourth-order valence-corrected chi connectivity index (χ4v) is 4.36. The van der Waals surface area contributed by atoms with Gasteiger partial charge in [-0.1, -0.05) is 74.5 Å². The van der Waals surface area contributed by atoms with Crippen molar-refractivity contribution in [1.29, 1.82) is 0 Å².